The van der Waals surface area contributed by atoms with Gasteiger partial charge in [-0.15, -0.1) is 0 Å². The van der Waals surface area contributed by atoms with Gasteiger partial charge in [-0.3, -0.25) is 4.99 Å². The summed E-state index contributed by atoms with van der Waals surface area (Å²) in [7, 11) is 3.97. The maximum Gasteiger partial charge on any atom is 0.118 e. The van der Waals surface area contributed by atoms with Crippen LogP contribution in [0.25, 0.3) is 0 Å². The summed E-state index contributed by atoms with van der Waals surface area (Å²) in [6.07, 6.45) is 3.19. The van der Waals surface area contributed by atoms with Gasteiger partial charge in [0, 0.05) is 18.6 Å². The van der Waals surface area contributed by atoms with Crippen molar-refractivity contribution in [3.05, 3.63) is 29.8 Å². The molecular formula is C16H25N2O+. The molecule has 0 aliphatic carbocycles. The molecule has 0 spiro atoms. The summed E-state index contributed by atoms with van der Waals surface area (Å²) in [6, 6.07) is 9.22. The molecule has 1 aromatic carbocycles. The van der Waals surface area contributed by atoms with E-state index in [1.165, 1.54) is 13.0 Å². The van der Waals surface area contributed by atoms with Crippen molar-refractivity contribution >= 4 is 6.21 Å². The zero-order valence-corrected chi connectivity index (χ0v) is 12.4. The second-order valence-corrected chi connectivity index (χ2v) is 5.78. The zero-order valence-electron chi connectivity index (χ0n) is 12.4. The van der Waals surface area contributed by atoms with Gasteiger partial charge in [0.2, 0.25) is 0 Å². The minimum absolute atomic E-state index is 0.459. The molecule has 1 saturated heterocycles. The quantitative estimate of drug-likeness (QED) is 0.818. The van der Waals surface area contributed by atoms with Gasteiger partial charge in [-0.1, -0.05) is 6.92 Å². The van der Waals surface area contributed by atoms with E-state index in [0.29, 0.717) is 18.0 Å². The first-order valence-corrected chi connectivity index (χ1v) is 7.09. The Bertz CT molecular complexity index is 427. The van der Waals surface area contributed by atoms with E-state index >= 15 is 0 Å². The van der Waals surface area contributed by atoms with Crippen LogP contribution in [0.3, 0.4) is 0 Å². The third-order valence-electron chi connectivity index (χ3n) is 4.27. The molecule has 1 fully saturated rings. The maximum absolute atomic E-state index is 5.16. The highest BCUT2D eigenvalue weighted by Gasteiger charge is 2.31. The van der Waals surface area contributed by atoms with Crippen molar-refractivity contribution in [3.63, 3.8) is 0 Å². The molecule has 1 aliphatic rings. The van der Waals surface area contributed by atoms with Crippen molar-refractivity contribution in [1.29, 1.82) is 0 Å². The van der Waals surface area contributed by atoms with E-state index in [1.54, 1.807) is 12.0 Å². The monoisotopic (exact) mass is 261 g/mol. The summed E-state index contributed by atoms with van der Waals surface area (Å²) in [6.45, 7) is 5.84. The van der Waals surface area contributed by atoms with Crippen LogP contribution in [0.15, 0.2) is 29.3 Å². The third-order valence-corrected chi connectivity index (χ3v) is 4.27. The molecule has 3 nitrogen and oxygen atoms in total. The number of aliphatic imine (C=N–C) groups is 1. The first-order chi connectivity index (χ1) is 9.10. The molecule has 4 atom stereocenters. The van der Waals surface area contributed by atoms with Crippen LogP contribution in [0.1, 0.15) is 25.8 Å². The van der Waals surface area contributed by atoms with Gasteiger partial charge in [-0.25, -0.2) is 0 Å². The average molecular weight is 261 g/mol. The minimum Gasteiger partial charge on any atom is -0.497 e. The molecule has 1 N–H and O–H groups in total. The number of benzene rings is 1. The van der Waals surface area contributed by atoms with Crippen LogP contribution in [0, 0.1) is 5.92 Å². The van der Waals surface area contributed by atoms with Crippen molar-refractivity contribution < 1.29 is 9.64 Å². The van der Waals surface area contributed by atoms with Crippen molar-refractivity contribution in [2.24, 2.45) is 10.9 Å². The number of ether oxygens (including phenoxy) is 1. The first kappa shape index (κ1) is 14.1. The van der Waals surface area contributed by atoms with E-state index in [9.17, 15) is 0 Å². The summed E-state index contributed by atoms with van der Waals surface area (Å²) >= 11 is 0. The molecule has 1 aliphatic heterocycles. The van der Waals surface area contributed by atoms with Crippen LogP contribution >= 0.6 is 0 Å². The van der Waals surface area contributed by atoms with Gasteiger partial charge in [-0.2, -0.15) is 0 Å². The van der Waals surface area contributed by atoms with Crippen LogP contribution in [0.2, 0.25) is 0 Å². The summed E-state index contributed by atoms with van der Waals surface area (Å²) < 4.78 is 5.16. The molecule has 0 amide bonds. The molecule has 1 heterocycles. The number of hydrogen-bond acceptors (Lipinski definition) is 2. The van der Waals surface area contributed by atoms with Gasteiger partial charge in [-0.05, 0) is 36.8 Å². The number of quaternary nitrogens is 1. The van der Waals surface area contributed by atoms with E-state index in [1.807, 2.05) is 18.3 Å². The van der Waals surface area contributed by atoms with Gasteiger partial charge >= 0.3 is 0 Å². The Morgan fingerprint density at radius 3 is 2.58 bits per heavy atom. The molecule has 19 heavy (non-hydrogen) atoms. The molecule has 0 saturated carbocycles. The lowest BCUT2D eigenvalue weighted by atomic mass is 9.90. The van der Waals surface area contributed by atoms with Crippen molar-refractivity contribution in [1.82, 2.24) is 0 Å². The highest BCUT2D eigenvalue weighted by molar-refractivity contribution is 5.79. The molecule has 104 valence electrons. The molecule has 2 rings (SSSR count). The van der Waals surface area contributed by atoms with Crippen LogP contribution in [0.5, 0.6) is 5.75 Å². The Morgan fingerprint density at radius 2 is 1.95 bits per heavy atom. The Balaban J connectivity index is 2.00. The van der Waals surface area contributed by atoms with Gasteiger partial charge in [0.25, 0.3) is 0 Å². The standard InChI is InChI=1S/C16H24N2O/c1-12-11-18(3)13(2)9-16(12)17-10-14-5-7-15(19-4)8-6-14/h5-8,10,12-13,16H,9,11H2,1-4H3/p+1/t12-,13-,16-/m1/s1. The summed E-state index contributed by atoms with van der Waals surface area (Å²) in [5, 5.41) is 0. The second kappa shape index (κ2) is 6.20. The second-order valence-electron chi connectivity index (χ2n) is 5.78. The Kier molecular flexibility index (Phi) is 4.59. The highest BCUT2D eigenvalue weighted by atomic mass is 16.5. The molecular weight excluding hydrogens is 236 g/mol. The molecule has 0 bridgehead atoms. The fourth-order valence-electron chi connectivity index (χ4n) is 2.72. The summed E-state index contributed by atoms with van der Waals surface area (Å²) in [5.74, 6) is 1.55. The summed E-state index contributed by atoms with van der Waals surface area (Å²) in [5.41, 5.74) is 1.15. The summed E-state index contributed by atoms with van der Waals surface area (Å²) in [4.78, 5) is 6.42. The number of piperidine rings is 1. The molecule has 1 aromatic rings. The third kappa shape index (κ3) is 3.57. The highest BCUT2D eigenvalue weighted by Crippen LogP contribution is 2.16. The number of rotatable bonds is 3. The number of hydrogen-bond donors (Lipinski definition) is 1. The van der Waals surface area contributed by atoms with Gasteiger partial charge in [0.1, 0.15) is 5.75 Å². The zero-order chi connectivity index (χ0) is 13.8. The van der Waals surface area contributed by atoms with Crippen molar-refractivity contribution in [2.45, 2.75) is 32.4 Å². The van der Waals surface area contributed by atoms with Crippen LogP contribution in [-0.2, 0) is 0 Å². The molecule has 0 radical (unpaired) electrons. The lowest BCUT2D eigenvalue weighted by molar-refractivity contribution is -0.913. The Hall–Kier alpha value is -1.35. The Morgan fingerprint density at radius 1 is 1.26 bits per heavy atom. The minimum atomic E-state index is 0.459. The number of likely N-dealkylation sites (tertiary alicyclic amines) is 1. The largest absolute Gasteiger partial charge is 0.497 e. The van der Waals surface area contributed by atoms with Gasteiger partial charge in [0.15, 0.2) is 0 Å². The lowest BCUT2D eigenvalue weighted by Gasteiger charge is -2.34. The smallest absolute Gasteiger partial charge is 0.118 e. The van der Waals surface area contributed by atoms with E-state index in [2.05, 4.69) is 33.0 Å². The lowest BCUT2D eigenvalue weighted by Crippen LogP contribution is -3.14. The first-order valence-electron chi connectivity index (χ1n) is 7.09. The average Bonchev–Trinajstić information content (AvgIpc) is 2.42. The molecule has 3 heteroatoms. The van der Waals surface area contributed by atoms with Crippen LogP contribution in [0.4, 0.5) is 0 Å². The topological polar surface area (TPSA) is 26.0 Å². The number of nitrogens with one attached hydrogen (secondary N) is 1. The number of methoxy groups -OCH3 is 1. The maximum atomic E-state index is 5.16. The normalized spacial score (nSPS) is 31.6. The number of nitrogens with zero attached hydrogens (tertiary/aromatic N) is 1. The predicted molar refractivity (Wildman–Crippen MR) is 79.4 cm³/mol. The van der Waals surface area contributed by atoms with Gasteiger partial charge in [0.05, 0.1) is 32.8 Å². The van der Waals surface area contributed by atoms with Crippen LogP contribution < -0.4 is 9.64 Å². The fourth-order valence-corrected chi connectivity index (χ4v) is 2.72. The van der Waals surface area contributed by atoms with E-state index in [4.69, 9.17) is 9.73 Å². The van der Waals surface area contributed by atoms with Crippen LogP contribution in [-0.4, -0.2) is 39.0 Å². The van der Waals surface area contributed by atoms with Gasteiger partial charge < -0.3 is 9.64 Å². The van der Waals surface area contributed by atoms with E-state index in [0.717, 1.165) is 11.3 Å². The van der Waals surface area contributed by atoms with Crippen molar-refractivity contribution in [2.75, 3.05) is 20.7 Å². The van der Waals surface area contributed by atoms with E-state index < -0.39 is 0 Å². The predicted octanol–water partition coefficient (Wildman–Crippen LogP) is 1.43. The molecule has 0 aromatic heterocycles. The Labute approximate surface area is 116 Å². The van der Waals surface area contributed by atoms with E-state index in [-0.39, 0.29) is 0 Å². The fraction of sp³-hybridized carbons (Fsp3) is 0.562. The van der Waals surface area contributed by atoms with Crippen molar-refractivity contribution in [3.8, 4) is 5.75 Å². The molecule has 1 unspecified atom stereocenters. The SMILES string of the molecule is COc1ccc(C=N[C@@H]2C[C@@H](C)[NH+](C)C[C@H]2C)cc1.